The molecule has 0 saturated heterocycles. The van der Waals surface area contributed by atoms with Gasteiger partial charge in [0.25, 0.3) is 0 Å². The molecule has 1 heteroatoms. The molecule has 0 aliphatic rings. The van der Waals surface area contributed by atoms with Gasteiger partial charge in [-0.2, -0.15) is 0 Å². The van der Waals surface area contributed by atoms with Crippen LogP contribution in [-0.4, -0.2) is 0 Å². The van der Waals surface area contributed by atoms with Gasteiger partial charge in [0.2, 0.25) is 0 Å². The van der Waals surface area contributed by atoms with Gasteiger partial charge in [0, 0.05) is 12.6 Å². The van der Waals surface area contributed by atoms with E-state index >= 15 is 0 Å². The molecule has 0 aliphatic heterocycles. The average molecular weight is 253 g/mol. The van der Waals surface area contributed by atoms with Crippen molar-refractivity contribution in [3.8, 4) is 0 Å². The van der Waals surface area contributed by atoms with Gasteiger partial charge in [-0.1, -0.05) is 61.0 Å². The first-order chi connectivity index (χ1) is 9.19. The van der Waals surface area contributed by atoms with Gasteiger partial charge in [-0.3, -0.25) is 0 Å². The van der Waals surface area contributed by atoms with Crippen molar-refractivity contribution in [1.82, 2.24) is 5.32 Å². The smallest absolute Gasteiger partial charge is 0.0295 e. The minimum atomic E-state index is 0.380. The number of rotatable bonds is 5. The molecule has 0 spiro atoms. The Hall–Kier alpha value is -1.60. The molecule has 1 N–H and O–H groups in total. The number of nitrogens with one attached hydrogen (secondary N) is 1. The van der Waals surface area contributed by atoms with Crippen LogP contribution in [0.2, 0.25) is 0 Å². The lowest BCUT2D eigenvalue weighted by Gasteiger charge is -2.15. The fourth-order valence-electron chi connectivity index (χ4n) is 2.22. The molecule has 1 atom stereocenters. The van der Waals surface area contributed by atoms with Crippen molar-refractivity contribution in [1.29, 1.82) is 0 Å². The molecule has 2 rings (SSSR count). The number of benzene rings is 2. The van der Waals surface area contributed by atoms with E-state index in [1.54, 1.807) is 0 Å². The average Bonchev–Trinajstić information content (AvgIpc) is 2.45. The SMILES string of the molecule is CCc1ccc(CN[C@H](C)c2cccc(C)c2)cc1. The molecule has 0 aliphatic carbocycles. The summed E-state index contributed by atoms with van der Waals surface area (Å²) in [5, 5.41) is 3.58. The second-order valence-electron chi connectivity index (χ2n) is 5.19. The Morgan fingerprint density at radius 1 is 1.00 bits per heavy atom. The highest BCUT2D eigenvalue weighted by atomic mass is 14.9. The molecule has 2 aromatic carbocycles. The number of hydrogen-bond acceptors (Lipinski definition) is 1. The van der Waals surface area contributed by atoms with Crippen molar-refractivity contribution in [2.24, 2.45) is 0 Å². The molecule has 100 valence electrons. The van der Waals surface area contributed by atoms with Crippen LogP contribution in [0, 0.1) is 6.92 Å². The van der Waals surface area contributed by atoms with Crippen LogP contribution in [0.5, 0.6) is 0 Å². The Morgan fingerprint density at radius 2 is 1.68 bits per heavy atom. The van der Waals surface area contributed by atoms with E-state index in [4.69, 9.17) is 0 Å². The standard InChI is InChI=1S/C18H23N/c1-4-16-8-10-17(11-9-16)13-19-15(3)18-7-5-6-14(2)12-18/h5-12,15,19H,4,13H2,1-3H3/t15-/m1/s1. The van der Waals surface area contributed by atoms with Crippen molar-refractivity contribution in [2.45, 2.75) is 39.8 Å². The summed E-state index contributed by atoms with van der Waals surface area (Å²) in [5.74, 6) is 0. The van der Waals surface area contributed by atoms with E-state index < -0.39 is 0 Å². The van der Waals surface area contributed by atoms with Gasteiger partial charge in [0.15, 0.2) is 0 Å². The molecule has 2 aromatic rings. The van der Waals surface area contributed by atoms with Crippen LogP contribution < -0.4 is 5.32 Å². The molecule has 0 aromatic heterocycles. The predicted molar refractivity (Wildman–Crippen MR) is 82.3 cm³/mol. The maximum absolute atomic E-state index is 3.58. The Kier molecular flexibility index (Phi) is 4.75. The number of hydrogen-bond donors (Lipinski definition) is 1. The van der Waals surface area contributed by atoms with Gasteiger partial charge in [0.1, 0.15) is 0 Å². The first kappa shape index (κ1) is 13.8. The largest absolute Gasteiger partial charge is 0.306 e. The summed E-state index contributed by atoms with van der Waals surface area (Å²) < 4.78 is 0. The highest BCUT2D eigenvalue weighted by Gasteiger charge is 2.04. The van der Waals surface area contributed by atoms with Gasteiger partial charge < -0.3 is 5.32 Å². The summed E-state index contributed by atoms with van der Waals surface area (Å²) in [6.07, 6.45) is 1.10. The topological polar surface area (TPSA) is 12.0 Å². The molecule has 0 unspecified atom stereocenters. The summed E-state index contributed by atoms with van der Waals surface area (Å²) in [4.78, 5) is 0. The van der Waals surface area contributed by atoms with Crippen molar-refractivity contribution in [2.75, 3.05) is 0 Å². The lowest BCUT2D eigenvalue weighted by molar-refractivity contribution is 0.574. The van der Waals surface area contributed by atoms with Gasteiger partial charge in [0.05, 0.1) is 0 Å². The fraction of sp³-hybridized carbons (Fsp3) is 0.333. The van der Waals surface area contributed by atoms with Crippen LogP contribution in [-0.2, 0) is 13.0 Å². The summed E-state index contributed by atoms with van der Waals surface area (Å²) in [6.45, 7) is 7.46. The second-order valence-corrected chi connectivity index (χ2v) is 5.19. The zero-order chi connectivity index (χ0) is 13.7. The van der Waals surface area contributed by atoms with Gasteiger partial charge in [-0.05, 0) is 37.0 Å². The van der Waals surface area contributed by atoms with Crippen LogP contribution in [0.4, 0.5) is 0 Å². The highest BCUT2D eigenvalue weighted by molar-refractivity contribution is 5.25. The zero-order valence-corrected chi connectivity index (χ0v) is 12.1. The second kappa shape index (κ2) is 6.53. The molecular weight excluding hydrogens is 230 g/mol. The summed E-state index contributed by atoms with van der Waals surface area (Å²) in [5.41, 5.74) is 5.41. The molecule has 0 amide bonds. The third kappa shape index (κ3) is 3.93. The molecule has 0 heterocycles. The molecule has 0 fully saturated rings. The Balaban J connectivity index is 1.94. The molecule has 0 bridgehead atoms. The molecular formula is C18H23N. The monoisotopic (exact) mass is 253 g/mol. The van der Waals surface area contributed by atoms with Crippen LogP contribution in [0.3, 0.4) is 0 Å². The van der Waals surface area contributed by atoms with Crippen LogP contribution in [0.15, 0.2) is 48.5 Å². The first-order valence-corrected chi connectivity index (χ1v) is 7.07. The third-order valence-electron chi connectivity index (χ3n) is 3.59. The maximum Gasteiger partial charge on any atom is 0.0295 e. The van der Waals surface area contributed by atoms with Crippen molar-refractivity contribution >= 4 is 0 Å². The normalized spacial score (nSPS) is 12.4. The Morgan fingerprint density at radius 3 is 2.32 bits per heavy atom. The lowest BCUT2D eigenvalue weighted by Crippen LogP contribution is -2.18. The van der Waals surface area contributed by atoms with E-state index in [9.17, 15) is 0 Å². The lowest BCUT2D eigenvalue weighted by atomic mass is 10.1. The van der Waals surface area contributed by atoms with Crippen molar-refractivity contribution in [3.63, 3.8) is 0 Å². The quantitative estimate of drug-likeness (QED) is 0.832. The van der Waals surface area contributed by atoms with Crippen molar-refractivity contribution in [3.05, 3.63) is 70.8 Å². The summed E-state index contributed by atoms with van der Waals surface area (Å²) in [6, 6.07) is 17.9. The van der Waals surface area contributed by atoms with E-state index in [2.05, 4.69) is 74.6 Å². The maximum atomic E-state index is 3.58. The van der Waals surface area contributed by atoms with Crippen molar-refractivity contribution < 1.29 is 0 Å². The van der Waals surface area contributed by atoms with Gasteiger partial charge in [-0.15, -0.1) is 0 Å². The summed E-state index contributed by atoms with van der Waals surface area (Å²) in [7, 11) is 0. The zero-order valence-electron chi connectivity index (χ0n) is 12.1. The van der Waals surface area contributed by atoms with E-state index in [1.807, 2.05) is 0 Å². The highest BCUT2D eigenvalue weighted by Crippen LogP contribution is 2.14. The Bertz CT molecular complexity index is 513. The van der Waals surface area contributed by atoms with Gasteiger partial charge >= 0.3 is 0 Å². The van der Waals surface area contributed by atoms with E-state index in [1.165, 1.54) is 22.3 Å². The van der Waals surface area contributed by atoms with E-state index in [0.29, 0.717) is 6.04 Å². The van der Waals surface area contributed by atoms with E-state index in [0.717, 1.165) is 13.0 Å². The number of aryl methyl sites for hydroxylation is 2. The Labute approximate surface area is 116 Å². The van der Waals surface area contributed by atoms with Crippen LogP contribution in [0.1, 0.15) is 42.1 Å². The molecule has 19 heavy (non-hydrogen) atoms. The minimum Gasteiger partial charge on any atom is -0.306 e. The van der Waals surface area contributed by atoms with Crippen LogP contribution >= 0.6 is 0 Å². The third-order valence-corrected chi connectivity index (χ3v) is 3.59. The minimum absolute atomic E-state index is 0.380. The summed E-state index contributed by atoms with van der Waals surface area (Å²) >= 11 is 0. The van der Waals surface area contributed by atoms with E-state index in [-0.39, 0.29) is 0 Å². The van der Waals surface area contributed by atoms with Crippen LogP contribution in [0.25, 0.3) is 0 Å². The molecule has 1 nitrogen and oxygen atoms in total. The molecule has 0 radical (unpaired) electrons. The predicted octanol–water partition coefficient (Wildman–Crippen LogP) is 4.41. The fourth-order valence-corrected chi connectivity index (χ4v) is 2.22. The first-order valence-electron chi connectivity index (χ1n) is 7.07. The molecule has 0 saturated carbocycles. The van der Waals surface area contributed by atoms with Gasteiger partial charge in [-0.25, -0.2) is 0 Å².